The standard InChI is InChI=1S/C12H24F3N/c1-5-7-8-11(4,6-2)9-16-10(3)12(13,14)15/h10,16H,5-9H2,1-4H3/t10-,11+/m0/s1. The number of hydrogen-bond acceptors (Lipinski definition) is 1. The molecule has 0 amide bonds. The van der Waals surface area contributed by atoms with Crippen LogP contribution in [0.3, 0.4) is 0 Å². The molecule has 0 aromatic heterocycles. The highest BCUT2D eigenvalue weighted by atomic mass is 19.4. The van der Waals surface area contributed by atoms with Crippen molar-refractivity contribution in [2.45, 2.75) is 65.6 Å². The van der Waals surface area contributed by atoms with Gasteiger partial charge < -0.3 is 5.32 Å². The Morgan fingerprint density at radius 3 is 2.12 bits per heavy atom. The smallest absolute Gasteiger partial charge is 0.306 e. The summed E-state index contributed by atoms with van der Waals surface area (Å²) in [6, 6.07) is -1.42. The zero-order chi connectivity index (χ0) is 12.8. The van der Waals surface area contributed by atoms with Crippen molar-refractivity contribution in [1.29, 1.82) is 0 Å². The van der Waals surface area contributed by atoms with Crippen LogP contribution in [0.25, 0.3) is 0 Å². The Labute approximate surface area is 96.8 Å². The SMILES string of the molecule is CCCC[C@@](C)(CC)CN[C@@H](C)C(F)(F)F. The van der Waals surface area contributed by atoms with Crippen LogP contribution in [0.2, 0.25) is 0 Å². The third kappa shape index (κ3) is 5.73. The van der Waals surface area contributed by atoms with Gasteiger partial charge in [-0.05, 0) is 25.2 Å². The molecule has 4 heteroatoms. The van der Waals surface area contributed by atoms with Crippen LogP contribution in [-0.2, 0) is 0 Å². The van der Waals surface area contributed by atoms with Crippen molar-refractivity contribution in [3.8, 4) is 0 Å². The quantitative estimate of drug-likeness (QED) is 0.704. The number of rotatable bonds is 7. The summed E-state index contributed by atoms with van der Waals surface area (Å²) in [5, 5.41) is 2.60. The van der Waals surface area contributed by atoms with Crippen molar-refractivity contribution >= 4 is 0 Å². The summed E-state index contributed by atoms with van der Waals surface area (Å²) < 4.78 is 37.0. The second-order valence-electron chi connectivity index (χ2n) is 4.91. The first kappa shape index (κ1) is 15.8. The fourth-order valence-electron chi connectivity index (χ4n) is 1.51. The van der Waals surface area contributed by atoms with Gasteiger partial charge in [0.2, 0.25) is 0 Å². The molecule has 0 bridgehead atoms. The van der Waals surface area contributed by atoms with Crippen LogP contribution in [0, 0.1) is 5.41 Å². The van der Waals surface area contributed by atoms with Gasteiger partial charge in [0.25, 0.3) is 0 Å². The van der Waals surface area contributed by atoms with E-state index < -0.39 is 12.2 Å². The van der Waals surface area contributed by atoms with Crippen molar-refractivity contribution in [3.63, 3.8) is 0 Å². The molecule has 0 aliphatic carbocycles. The zero-order valence-electron chi connectivity index (χ0n) is 10.7. The topological polar surface area (TPSA) is 12.0 Å². The predicted octanol–water partition coefficient (Wildman–Crippen LogP) is 4.13. The second-order valence-corrected chi connectivity index (χ2v) is 4.91. The molecule has 0 spiro atoms. The molecular formula is C12H24F3N. The Morgan fingerprint density at radius 1 is 1.19 bits per heavy atom. The molecule has 1 N–H and O–H groups in total. The first-order chi connectivity index (χ1) is 7.25. The molecule has 0 heterocycles. The summed E-state index contributed by atoms with van der Waals surface area (Å²) >= 11 is 0. The molecule has 0 unspecified atom stereocenters. The van der Waals surface area contributed by atoms with E-state index in [1.807, 2.05) is 6.92 Å². The minimum absolute atomic E-state index is 0.0183. The van der Waals surface area contributed by atoms with Crippen LogP contribution in [0.15, 0.2) is 0 Å². The molecule has 0 aliphatic heterocycles. The molecule has 98 valence electrons. The van der Waals surface area contributed by atoms with Gasteiger partial charge in [0, 0.05) is 6.54 Å². The summed E-state index contributed by atoms with van der Waals surface area (Å²) in [7, 11) is 0. The normalized spacial score (nSPS) is 18.2. The summed E-state index contributed by atoms with van der Waals surface area (Å²) in [5.41, 5.74) is -0.0183. The molecule has 0 saturated heterocycles. The van der Waals surface area contributed by atoms with Crippen molar-refractivity contribution in [1.82, 2.24) is 5.32 Å². The number of alkyl halides is 3. The van der Waals surface area contributed by atoms with E-state index in [-0.39, 0.29) is 5.41 Å². The first-order valence-electron chi connectivity index (χ1n) is 6.05. The van der Waals surface area contributed by atoms with E-state index in [9.17, 15) is 13.2 Å². The fraction of sp³-hybridized carbons (Fsp3) is 1.00. The predicted molar refractivity (Wildman–Crippen MR) is 61.4 cm³/mol. The number of nitrogens with one attached hydrogen (secondary N) is 1. The van der Waals surface area contributed by atoms with Gasteiger partial charge in [-0.25, -0.2) is 0 Å². The summed E-state index contributed by atoms with van der Waals surface area (Å²) in [6.07, 6.45) is -0.0849. The molecule has 0 rings (SSSR count). The maximum Gasteiger partial charge on any atom is 0.403 e. The van der Waals surface area contributed by atoms with Crippen LogP contribution in [0.1, 0.15) is 53.4 Å². The van der Waals surface area contributed by atoms with Gasteiger partial charge in [-0.2, -0.15) is 13.2 Å². The fourth-order valence-corrected chi connectivity index (χ4v) is 1.51. The number of halogens is 3. The summed E-state index contributed by atoms with van der Waals surface area (Å²) in [4.78, 5) is 0. The molecule has 0 saturated carbocycles. The summed E-state index contributed by atoms with van der Waals surface area (Å²) in [6.45, 7) is 7.80. The first-order valence-corrected chi connectivity index (χ1v) is 6.05. The average Bonchev–Trinajstić information content (AvgIpc) is 2.21. The third-order valence-corrected chi connectivity index (χ3v) is 3.31. The van der Waals surface area contributed by atoms with Crippen LogP contribution in [0.4, 0.5) is 13.2 Å². The van der Waals surface area contributed by atoms with E-state index in [0.29, 0.717) is 6.54 Å². The van der Waals surface area contributed by atoms with Gasteiger partial charge in [0.15, 0.2) is 0 Å². The molecule has 0 aromatic rings. The van der Waals surface area contributed by atoms with E-state index in [4.69, 9.17) is 0 Å². The highest BCUT2D eigenvalue weighted by Crippen LogP contribution is 2.28. The van der Waals surface area contributed by atoms with E-state index in [1.165, 1.54) is 6.92 Å². The van der Waals surface area contributed by atoms with Crippen molar-refractivity contribution in [2.75, 3.05) is 6.54 Å². The molecule has 0 aliphatic rings. The Hall–Kier alpha value is -0.250. The Bertz CT molecular complexity index is 191. The Morgan fingerprint density at radius 2 is 1.75 bits per heavy atom. The lowest BCUT2D eigenvalue weighted by Gasteiger charge is -2.30. The molecule has 0 fully saturated rings. The molecule has 16 heavy (non-hydrogen) atoms. The van der Waals surface area contributed by atoms with E-state index >= 15 is 0 Å². The number of unbranched alkanes of at least 4 members (excludes halogenated alkanes) is 1. The second kappa shape index (κ2) is 6.48. The lowest BCUT2D eigenvalue weighted by Crippen LogP contribution is -2.44. The van der Waals surface area contributed by atoms with Crippen molar-refractivity contribution in [3.05, 3.63) is 0 Å². The van der Waals surface area contributed by atoms with Crippen LogP contribution < -0.4 is 5.32 Å². The lowest BCUT2D eigenvalue weighted by atomic mass is 9.82. The minimum atomic E-state index is -4.14. The molecule has 1 nitrogen and oxygen atoms in total. The maximum absolute atomic E-state index is 12.3. The monoisotopic (exact) mass is 239 g/mol. The van der Waals surface area contributed by atoms with Crippen molar-refractivity contribution < 1.29 is 13.2 Å². The van der Waals surface area contributed by atoms with E-state index in [0.717, 1.165) is 25.7 Å². The third-order valence-electron chi connectivity index (χ3n) is 3.31. The van der Waals surface area contributed by atoms with Gasteiger partial charge in [-0.1, -0.05) is 33.6 Å². The van der Waals surface area contributed by atoms with Gasteiger partial charge in [-0.3, -0.25) is 0 Å². The minimum Gasteiger partial charge on any atom is -0.306 e. The maximum atomic E-state index is 12.3. The zero-order valence-corrected chi connectivity index (χ0v) is 10.7. The van der Waals surface area contributed by atoms with Crippen LogP contribution in [0.5, 0.6) is 0 Å². The Balaban J connectivity index is 4.13. The Kier molecular flexibility index (Phi) is 6.38. The largest absolute Gasteiger partial charge is 0.403 e. The molecule has 2 atom stereocenters. The summed E-state index contributed by atoms with van der Waals surface area (Å²) in [5.74, 6) is 0. The average molecular weight is 239 g/mol. The van der Waals surface area contributed by atoms with Gasteiger partial charge >= 0.3 is 6.18 Å². The van der Waals surface area contributed by atoms with Gasteiger partial charge in [0.05, 0.1) is 0 Å². The highest BCUT2D eigenvalue weighted by Gasteiger charge is 2.36. The number of hydrogen-bond donors (Lipinski definition) is 1. The van der Waals surface area contributed by atoms with Crippen LogP contribution in [-0.4, -0.2) is 18.8 Å². The van der Waals surface area contributed by atoms with Gasteiger partial charge in [0.1, 0.15) is 6.04 Å². The molecular weight excluding hydrogens is 215 g/mol. The molecule has 0 aromatic carbocycles. The van der Waals surface area contributed by atoms with E-state index in [2.05, 4.69) is 19.2 Å². The molecule has 0 radical (unpaired) electrons. The van der Waals surface area contributed by atoms with E-state index in [1.54, 1.807) is 0 Å². The van der Waals surface area contributed by atoms with Crippen molar-refractivity contribution in [2.24, 2.45) is 5.41 Å². The van der Waals surface area contributed by atoms with Gasteiger partial charge in [-0.15, -0.1) is 0 Å². The van der Waals surface area contributed by atoms with Crippen LogP contribution >= 0.6 is 0 Å². The highest BCUT2D eigenvalue weighted by molar-refractivity contribution is 4.79. The lowest BCUT2D eigenvalue weighted by molar-refractivity contribution is -0.152.